The average Bonchev–Trinajstić information content (AvgIpc) is 3.54. The van der Waals surface area contributed by atoms with E-state index in [9.17, 15) is 9.59 Å². The van der Waals surface area contributed by atoms with Crippen LogP contribution in [0.5, 0.6) is 17.2 Å². The molecular formula is C34H30ClN5O5S. The second-order valence-electron chi connectivity index (χ2n) is 9.65. The molecule has 0 saturated heterocycles. The van der Waals surface area contributed by atoms with Crippen LogP contribution in [0.25, 0.3) is 11.3 Å². The second-order valence-corrected chi connectivity index (χ2v) is 10.9. The van der Waals surface area contributed by atoms with Gasteiger partial charge in [-0.05, 0) is 91.3 Å². The van der Waals surface area contributed by atoms with Crippen molar-refractivity contribution in [1.29, 1.82) is 0 Å². The van der Waals surface area contributed by atoms with E-state index in [-0.39, 0.29) is 18.4 Å². The second kappa shape index (κ2) is 15.6. The topological polar surface area (TPSA) is 123 Å². The van der Waals surface area contributed by atoms with Crippen LogP contribution in [-0.4, -0.2) is 43.3 Å². The highest BCUT2D eigenvalue weighted by atomic mass is 35.5. The monoisotopic (exact) mass is 655 g/mol. The van der Waals surface area contributed by atoms with Crippen molar-refractivity contribution in [3.8, 4) is 28.5 Å². The van der Waals surface area contributed by atoms with E-state index < -0.39 is 0 Å². The van der Waals surface area contributed by atoms with E-state index >= 15 is 0 Å². The van der Waals surface area contributed by atoms with Gasteiger partial charge in [0.1, 0.15) is 5.75 Å². The lowest BCUT2D eigenvalue weighted by Gasteiger charge is -2.13. The van der Waals surface area contributed by atoms with Crippen LogP contribution >= 0.6 is 22.9 Å². The van der Waals surface area contributed by atoms with Crippen molar-refractivity contribution in [2.45, 2.75) is 6.92 Å². The number of carbonyl (C=O) groups is 2. The molecule has 0 aliphatic rings. The number of hydrogen-bond acceptors (Lipinski definition) is 9. The highest BCUT2D eigenvalue weighted by Gasteiger charge is 2.11. The summed E-state index contributed by atoms with van der Waals surface area (Å²) in [6, 6.07) is 26.6. The number of aromatic nitrogens is 1. The van der Waals surface area contributed by atoms with Crippen molar-refractivity contribution in [2.24, 2.45) is 5.10 Å². The molecule has 46 heavy (non-hydrogen) atoms. The number of anilines is 3. The number of rotatable bonds is 13. The molecule has 0 fully saturated rings. The van der Waals surface area contributed by atoms with Gasteiger partial charge in [0.2, 0.25) is 0 Å². The van der Waals surface area contributed by atoms with Crippen LogP contribution in [-0.2, 0) is 4.79 Å². The maximum absolute atomic E-state index is 12.7. The summed E-state index contributed by atoms with van der Waals surface area (Å²) < 4.78 is 16.5. The third kappa shape index (κ3) is 8.84. The molecule has 0 aliphatic carbocycles. The zero-order chi connectivity index (χ0) is 32.3. The van der Waals surface area contributed by atoms with Gasteiger partial charge in [0, 0.05) is 32.9 Å². The molecule has 0 bridgehead atoms. The Morgan fingerprint density at radius 1 is 0.913 bits per heavy atom. The van der Waals surface area contributed by atoms with E-state index in [0.717, 1.165) is 22.1 Å². The van der Waals surface area contributed by atoms with Gasteiger partial charge in [0.25, 0.3) is 11.8 Å². The molecule has 1 heterocycles. The Kier molecular flexibility index (Phi) is 10.8. The number of methoxy groups -OCH3 is 1. The maximum Gasteiger partial charge on any atom is 0.271 e. The Hall–Kier alpha value is -5.39. The molecule has 0 atom stereocenters. The summed E-state index contributed by atoms with van der Waals surface area (Å²) in [6.07, 6.45) is 1.50. The lowest BCUT2D eigenvalue weighted by molar-refractivity contribution is -0.118. The fraction of sp³-hybridized carbons (Fsp3) is 0.118. The molecule has 4 aromatic carbocycles. The summed E-state index contributed by atoms with van der Waals surface area (Å²) in [5, 5.41) is 13.5. The lowest BCUT2D eigenvalue weighted by atomic mass is 10.1. The molecule has 0 radical (unpaired) electrons. The van der Waals surface area contributed by atoms with Gasteiger partial charge in [0.15, 0.2) is 23.2 Å². The Morgan fingerprint density at radius 3 is 2.37 bits per heavy atom. The summed E-state index contributed by atoms with van der Waals surface area (Å²) in [5.74, 6) is 0.856. The van der Waals surface area contributed by atoms with Gasteiger partial charge < -0.3 is 24.8 Å². The number of nitrogens with one attached hydrogen (secondary N) is 3. The molecule has 12 heteroatoms. The highest BCUT2D eigenvalue weighted by molar-refractivity contribution is 7.14. The van der Waals surface area contributed by atoms with E-state index in [4.69, 9.17) is 25.8 Å². The number of hydrazone groups is 1. The molecule has 1 aromatic heterocycles. The number of amides is 2. The lowest BCUT2D eigenvalue weighted by Crippen LogP contribution is -2.20. The Morgan fingerprint density at radius 2 is 1.65 bits per heavy atom. The molecule has 5 rings (SSSR count). The fourth-order valence-corrected chi connectivity index (χ4v) is 5.02. The number of benzene rings is 4. The number of ether oxygens (including phenoxy) is 3. The van der Waals surface area contributed by atoms with E-state index in [1.165, 1.54) is 17.6 Å². The largest absolute Gasteiger partial charge is 0.497 e. The third-order valence-electron chi connectivity index (χ3n) is 6.42. The molecule has 5 aromatic rings. The summed E-state index contributed by atoms with van der Waals surface area (Å²) in [7, 11) is 1.58. The first-order valence-electron chi connectivity index (χ1n) is 14.2. The number of halogens is 1. The predicted octanol–water partition coefficient (Wildman–Crippen LogP) is 7.40. The van der Waals surface area contributed by atoms with Crippen LogP contribution in [0.15, 0.2) is 101 Å². The van der Waals surface area contributed by atoms with Crippen molar-refractivity contribution in [1.82, 2.24) is 10.4 Å². The molecule has 10 nitrogen and oxygen atoms in total. The Balaban J connectivity index is 1.13. The van der Waals surface area contributed by atoms with Gasteiger partial charge in [0.05, 0.1) is 25.6 Å². The van der Waals surface area contributed by atoms with Gasteiger partial charge in [-0.25, -0.2) is 10.4 Å². The van der Waals surface area contributed by atoms with Crippen LogP contribution in [0.3, 0.4) is 0 Å². The number of thiazole rings is 1. The van der Waals surface area contributed by atoms with E-state index in [1.54, 1.807) is 61.7 Å². The quantitative estimate of drug-likeness (QED) is 0.0892. The number of hydrogen-bond donors (Lipinski definition) is 3. The molecule has 0 aliphatic heterocycles. The molecule has 0 unspecified atom stereocenters. The van der Waals surface area contributed by atoms with Gasteiger partial charge in [-0.2, -0.15) is 5.10 Å². The molecular weight excluding hydrogens is 626 g/mol. The summed E-state index contributed by atoms with van der Waals surface area (Å²) in [6.45, 7) is 2.03. The minimum atomic E-state index is -0.362. The van der Waals surface area contributed by atoms with Crippen molar-refractivity contribution in [3.63, 3.8) is 0 Å². The van der Waals surface area contributed by atoms with E-state index in [0.29, 0.717) is 45.7 Å². The first-order chi connectivity index (χ1) is 22.4. The molecule has 0 spiro atoms. The van der Waals surface area contributed by atoms with Crippen molar-refractivity contribution >= 4 is 57.5 Å². The van der Waals surface area contributed by atoms with Crippen molar-refractivity contribution in [2.75, 3.05) is 31.0 Å². The normalized spacial score (nSPS) is 10.8. The maximum atomic E-state index is 12.7. The van der Waals surface area contributed by atoms with Crippen LogP contribution in [0.1, 0.15) is 22.8 Å². The number of carbonyl (C=O) groups excluding carboxylic acids is 2. The minimum absolute atomic E-state index is 0.210. The molecule has 2 amide bonds. The SMILES string of the molecule is CCOc1cc(/C=N\NC(=O)c2ccc(-c3csc(Nc4ccc(Cl)cc4)n3)cc2)ccc1OCC(=O)Nc1ccc(OC)cc1. The standard InChI is InChI=1S/C34H30ClN5O5S/c1-3-44-31-18-22(4-17-30(31)45-20-32(41)37-26-13-15-28(43-2)16-14-26)19-36-40-33(42)24-7-5-23(6-8-24)29-21-46-34(39-29)38-27-11-9-25(35)10-12-27/h4-19,21H,3,20H2,1-2H3,(H,37,41)(H,38,39)(H,40,42)/b36-19-. The van der Waals surface area contributed by atoms with Crippen molar-refractivity contribution < 1.29 is 23.8 Å². The number of nitrogens with zero attached hydrogens (tertiary/aromatic N) is 2. The third-order valence-corrected chi connectivity index (χ3v) is 7.43. The van der Waals surface area contributed by atoms with Gasteiger partial charge in [-0.15, -0.1) is 11.3 Å². The van der Waals surface area contributed by atoms with E-state index in [1.807, 2.05) is 48.7 Å². The van der Waals surface area contributed by atoms with Crippen LogP contribution < -0.4 is 30.3 Å². The van der Waals surface area contributed by atoms with Crippen LogP contribution in [0.4, 0.5) is 16.5 Å². The Labute approximate surface area is 275 Å². The average molecular weight is 656 g/mol. The summed E-state index contributed by atoms with van der Waals surface area (Å²) in [4.78, 5) is 29.7. The molecule has 234 valence electrons. The zero-order valence-corrected chi connectivity index (χ0v) is 26.5. The fourth-order valence-electron chi connectivity index (χ4n) is 4.15. The predicted molar refractivity (Wildman–Crippen MR) is 182 cm³/mol. The van der Waals surface area contributed by atoms with E-state index in [2.05, 4.69) is 26.1 Å². The van der Waals surface area contributed by atoms with Crippen molar-refractivity contribution in [3.05, 3.63) is 113 Å². The van der Waals surface area contributed by atoms with Gasteiger partial charge in [-0.3, -0.25) is 9.59 Å². The first-order valence-corrected chi connectivity index (χ1v) is 15.4. The first kappa shape index (κ1) is 32.0. The highest BCUT2D eigenvalue weighted by Crippen LogP contribution is 2.29. The summed E-state index contributed by atoms with van der Waals surface area (Å²) in [5.41, 5.74) is 6.85. The molecule has 3 N–H and O–H groups in total. The Bertz CT molecular complexity index is 1810. The smallest absolute Gasteiger partial charge is 0.271 e. The summed E-state index contributed by atoms with van der Waals surface area (Å²) >= 11 is 7.44. The molecule has 0 saturated carbocycles. The van der Waals surface area contributed by atoms with Gasteiger partial charge >= 0.3 is 0 Å². The van der Waals surface area contributed by atoms with Crippen LogP contribution in [0, 0.1) is 0 Å². The van der Waals surface area contributed by atoms with Crippen LogP contribution in [0.2, 0.25) is 5.02 Å². The minimum Gasteiger partial charge on any atom is -0.497 e. The zero-order valence-electron chi connectivity index (χ0n) is 25.0. The van der Waals surface area contributed by atoms with Gasteiger partial charge in [-0.1, -0.05) is 23.7 Å².